The third-order valence-corrected chi connectivity index (χ3v) is 3.18. The Hall–Kier alpha value is -1.38. The van der Waals surface area contributed by atoms with Gasteiger partial charge in [0.05, 0.1) is 0 Å². The van der Waals surface area contributed by atoms with E-state index in [1.165, 1.54) is 0 Å². The number of aryl methyl sites for hydroxylation is 2. The molecule has 1 aromatic rings. The first-order valence-electron chi connectivity index (χ1n) is 6.61. The zero-order valence-corrected chi connectivity index (χ0v) is 11.9. The van der Waals surface area contributed by atoms with Crippen molar-refractivity contribution in [3.63, 3.8) is 0 Å². The van der Waals surface area contributed by atoms with Crippen molar-refractivity contribution in [1.82, 2.24) is 4.98 Å². The molecule has 0 aliphatic rings. The molecule has 3 nitrogen and oxygen atoms in total. The summed E-state index contributed by atoms with van der Waals surface area (Å²) in [5.74, 6) is 0.544. The number of amides is 1. The molecule has 0 aliphatic heterocycles. The molecule has 0 aliphatic carbocycles. The molecular formula is C15H24N2O. The van der Waals surface area contributed by atoms with Gasteiger partial charge in [0.2, 0.25) is 5.91 Å². The Labute approximate surface area is 110 Å². The van der Waals surface area contributed by atoms with Gasteiger partial charge in [-0.1, -0.05) is 26.3 Å². The summed E-state index contributed by atoms with van der Waals surface area (Å²) >= 11 is 0. The van der Waals surface area contributed by atoms with Crippen LogP contribution in [-0.2, 0) is 4.79 Å². The molecule has 0 fully saturated rings. The third-order valence-electron chi connectivity index (χ3n) is 3.18. The summed E-state index contributed by atoms with van der Waals surface area (Å²) in [4.78, 5) is 15.7. The molecule has 0 saturated carbocycles. The number of hydrogen-bond donors (Lipinski definition) is 1. The molecule has 1 atom stereocenters. The van der Waals surface area contributed by atoms with E-state index >= 15 is 0 Å². The summed E-state index contributed by atoms with van der Waals surface area (Å²) in [5, 5.41) is 0. The Balaban J connectivity index is 2.89. The lowest BCUT2D eigenvalue weighted by molar-refractivity contribution is -0.118. The summed E-state index contributed by atoms with van der Waals surface area (Å²) in [5.41, 5.74) is 8.69. The monoisotopic (exact) mass is 248 g/mol. The van der Waals surface area contributed by atoms with Crippen molar-refractivity contribution in [1.29, 1.82) is 0 Å². The van der Waals surface area contributed by atoms with Crippen LogP contribution in [0.5, 0.6) is 0 Å². The second-order valence-corrected chi connectivity index (χ2v) is 5.55. The van der Waals surface area contributed by atoms with Crippen LogP contribution in [0, 0.1) is 19.8 Å². The van der Waals surface area contributed by atoms with Crippen LogP contribution < -0.4 is 5.73 Å². The summed E-state index contributed by atoms with van der Waals surface area (Å²) < 4.78 is 0. The molecule has 0 bridgehead atoms. The first-order valence-corrected chi connectivity index (χ1v) is 6.61. The van der Waals surface area contributed by atoms with E-state index in [1.54, 1.807) is 0 Å². The largest absolute Gasteiger partial charge is 0.370 e. The molecule has 100 valence electrons. The molecule has 18 heavy (non-hydrogen) atoms. The van der Waals surface area contributed by atoms with Gasteiger partial charge in [-0.2, -0.15) is 0 Å². The average molecular weight is 248 g/mol. The van der Waals surface area contributed by atoms with Crippen LogP contribution in [-0.4, -0.2) is 10.9 Å². The number of rotatable bonds is 6. The summed E-state index contributed by atoms with van der Waals surface area (Å²) in [6.45, 7) is 8.47. The van der Waals surface area contributed by atoms with Crippen molar-refractivity contribution in [3.05, 3.63) is 29.1 Å². The van der Waals surface area contributed by atoms with Crippen molar-refractivity contribution < 1.29 is 4.79 Å². The molecule has 1 unspecified atom stereocenters. The highest BCUT2D eigenvalue weighted by Crippen LogP contribution is 2.27. The molecule has 0 aromatic carbocycles. The van der Waals surface area contributed by atoms with Gasteiger partial charge in [0.15, 0.2) is 0 Å². The fraction of sp³-hybridized carbons (Fsp3) is 0.600. The lowest BCUT2D eigenvalue weighted by Gasteiger charge is -2.18. The van der Waals surface area contributed by atoms with Crippen LogP contribution in [0.4, 0.5) is 0 Å². The van der Waals surface area contributed by atoms with Gasteiger partial charge in [-0.15, -0.1) is 0 Å². The van der Waals surface area contributed by atoms with E-state index in [0.717, 1.165) is 29.7 Å². The number of carbonyl (C=O) groups excluding carboxylic acids is 1. The lowest BCUT2D eigenvalue weighted by Crippen LogP contribution is -2.17. The number of pyridine rings is 1. The quantitative estimate of drug-likeness (QED) is 0.841. The zero-order valence-electron chi connectivity index (χ0n) is 11.9. The highest BCUT2D eigenvalue weighted by Gasteiger charge is 2.18. The third kappa shape index (κ3) is 4.47. The smallest absolute Gasteiger partial charge is 0.218 e. The lowest BCUT2D eigenvalue weighted by atomic mass is 9.89. The van der Waals surface area contributed by atoms with Crippen LogP contribution in [0.25, 0.3) is 0 Å². The summed E-state index contributed by atoms with van der Waals surface area (Å²) in [6, 6.07) is 2.12. The zero-order chi connectivity index (χ0) is 13.7. The van der Waals surface area contributed by atoms with Gasteiger partial charge in [0, 0.05) is 24.2 Å². The first kappa shape index (κ1) is 14.7. The fourth-order valence-electron chi connectivity index (χ4n) is 2.27. The molecule has 1 heterocycles. The predicted molar refractivity (Wildman–Crippen MR) is 74.3 cm³/mol. The Morgan fingerprint density at radius 2 is 2.00 bits per heavy atom. The Morgan fingerprint density at radius 3 is 2.50 bits per heavy atom. The number of nitrogens with two attached hydrogens (primary N) is 1. The molecule has 3 heteroatoms. The van der Waals surface area contributed by atoms with E-state index in [0.29, 0.717) is 12.3 Å². The SMILES string of the molecule is Cc1cnc(C(CCC(C)C)CC(N)=O)c(C)c1. The van der Waals surface area contributed by atoms with Gasteiger partial charge in [-0.25, -0.2) is 0 Å². The Bertz CT molecular complexity index is 413. The molecule has 1 aromatic heterocycles. The predicted octanol–water partition coefficient (Wildman–Crippen LogP) is 3.09. The van der Waals surface area contributed by atoms with E-state index in [2.05, 4.69) is 31.8 Å². The van der Waals surface area contributed by atoms with Crippen molar-refractivity contribution in [3.8, 4) is 0 Å². The maximum Gasteiger partial charge on any atom is 0.218 e. The molecule has 0 radical (unpaired) electrons. The normalized spacial score (nSPS) is 12.7. The maximum atomic E-state index is 11.2. The molecular weight excluding hydrogens is 224 g/mol. The minimum atomic E-state index is -0.245. The van der Waals surface area contributed by atoms with Gasteiger partial charge in [-0.05, 0) is 37.3 Å². The number of nitrogens with zero attached hydrogens (tertiary/aromatic N) is 1. The second-order valence-electron chi connectivity index (χ2n) is 5.55. The molecule has 1 rings (SSSR count). The van der Waals surface area contributed by atoms with Crippen molar-refractivity contribution >= 4 is 5.91 Å². The van der Waals surface area contributed by atoms with Gasteiger partial charge < -0.3 is 5.73 Å². The summed E-state index contributed by atoms with van der Waals surface area (Å²) in [7, 11) is 0. The Morgan fingerprint density at radius 1 is 1.33 bits per heavy atom. The number of aromatic nitrogens is 1. The minimum absolute atomic E-state index is 0.158. The van der Waals surface area contributed by atoms with Gasteiger partial charge in [-0.3, -0.25) is 9.78 Å². The second kappa shape index (κ2) is 6.53. The highest BCUT2D eigenvalue weighted by atomic mass is 16.1. The minimum Gasteiger partial charge on any atom is -0.370 e. The van der Waals surface area contributed by atoms with Crippen LogP contribution in [0.3, 0.4) is 0 Å². The number of primary amides is 1. The van der Waals surface area contributed by atoms with Crippen LogP contribution >= 0.6 is 0 Å². The van der Waals surface area contributed by atoms with Crippen molar-refractivity contribution in [2.75, 3.05) is 0 Å². The van der Waals surface area contributed by atoms with Crippen LogP contribution in [0.2, 0.25) is 0 Å². The van der Waals surface area contributed by atoms with Gasteiger partial charge in [0.1, 0.15) is 0 Å². The van der Waals surface area contributed by atoms with E-state index in [4.69, 9.17) is 5.73 Å². The van der Waals surface area contributed by atoms with E-state index in [-0.39, 0.29) is 11.8 Å². The van der Waals surface area contributed by atoms with E-state index < -0.39 is 0 Å². The highest BCUT2D eigenvalue weighted by molar-refractivity contribution is 5.74. The van der Waals surface area contributed by atoms with Gasteiger partial charge >= 0.3 is 0 Å². The topological polar surface area (TPSA) is 56.0 Å². The number of carbonyl (C=O) groups is 1. The van der Waals surface area contributed by atoms with Crippen molar-refractivity contribution in [2.45, 2.75) is 52.9 Å². The molecule has 0 saturated heterocycles. The fourth-order valence-corrected chi connectivity index (χ4v) is 2.27. The standard InChI is InChI=1S/C15H24N2O/c1-10(2)5-6-13(8-14(16)18)15-12(4)7-11(3)9-17-15/h7,9-10,13H,5-6,8H2,1-4H3,(H2,16,18). The van der Waals surface area contributed by atoms with Gasteiger partial charge in [0.25, 0.3) is 0 Å². The molecule has 0 spiro atoms. The first-order chi connectivity index (χ1) is 8.40. The maximum absolute atomic E-state index is 11.2. The van der Waals surface area contributed by atoms with Crippen LogP contribution in [0.1, 0.15) is 55.8 Å². The molecule has 1 amide bonds. The average Bonchev–Trinajstić information content (AvgIpc) is 2.24. The molecule has 2 N–H and O–H groups in total. The van der Waals surface area contributed by atoms with E-state index in [9.17, 15) is 4.79 Å². The van der Waals surface area contributed by atoms with E-state index in [1.807, 2.05) is 13.1 Å². The number of hydrogen-bond acceptors (Lipinski definition) is 2. The Kier molecular flexibility index (Phi) is 5.32. The van der Waals surface area contributed by atoms with Crippen LogP contribution in [0.15, 0.2) is 12.3 Å². The van der Waals surface area contributed by atoms with Crippen molar-refractivity contribution in [2.24, 2.45) is 11.7 Å². The summed E-state index contributed by atoms with van der Waals surface area (Å²) in [6.07, 6.45) is 4.32.